The number of hydrogen-bond acceptors (Lipinski definition) is 1. The van der Waals surface area contributed by atoms with Gasteiger partial charge in [0.05, 0.1) is 0 Å². The Kier molecular flexibility index (Phi) is 28.4. The van der Waals surface area contributed by atoms with Gasteiger partial charge in [-0.25, -0.2) is 0 Å². The monoisotopic (exact) mass is 676 g/mol. The average Bonchev–Trinajstić information content (AvgIpc) is 3.13. The van der Waals surface area contributed by atoms with E-state index in [1.165, 1.54) is 204 Å². The fourth-order valence-corrected chi connectivity index (χ4v) is 7.60. The van der Waals surface area contributed by atoms with Crippen molar-refractivity contribution in [2.45, 2.75) is 232 Å². The summed E-state index contributed by atoms with van der Waals surface area (Å²) < 4.78 is 0. The van der Waals surface area contributed by atoms with Gasteiger partial charge >= 0.3 is 0 Å². The van der Waals surface area contributed by atoms with Crippen LogP contribution in [0.3, 0.4) is 0 Å². The Morgan fingerprint density at radius 2 is 0.878 bits per heavy atom. The molecule has 0 N–H and O–H groups in total. The van der Waals surface area contributed by atoms with E-state index in [9.17, 15) is 4.79 Å². The van der Waals surface area contributed by atoms with Crippen molar-refractivity contribution < 1.29 is 4.79 Å². The van der Waals surface area contributed by atoms with Crippen molar-refractivity contribution in [3.8, 4) is 0 Å². The van der Waals surface area contributed by atoms with Gasteiger partial charge in [-0.1, -0.05) is 205 Å². The van der Waals surface area contributed by atoms with Gasteiger partial charge in [0.25, 0.3) is 5.91 Å². The lowest BCUT2D eigenvalue weighted by molar-refractivity contribution is 0.0867. The molecule has 0 atom stereocenters. The smallest absolute Gasteiger partial charge is 0.262 e. The van der Waals surface area contributed by atoms with E-state index in [1.54, 1.807) is 0 Å². The van der Waals surface area contributed by atoms with Crippen LogP contribution < -0.4 is 0 Å². The standard InChI is InChI=1S/C47H81NO/c1-3-5-7-9-11-13-15-17-19-21-23-25-27-29-31-35-42-48(47(49)46-41-37-39-44-38-33-34-40-45(44)46)43-36-32-30-28-26-24-22-20-18-16-14-12-10-8-6-4-2/h35-37,39,41-43H,3-34,38,40H2,1-2H3. The quantitative estimate of drug-likeness (QED) is 0.0679. The maximum atomic E-state index is 13.8. The molecule has 1 aliphatic rings. The second-order valence-corrected chi connectivity index (χ2v) is 15.4. The highest BCUT2D eigenvalue weighted by atomic mass is 16.2. The van der Waals surface area contributed by atoms with E-state index in [4.69, 9.17) is 0 Å². The number of unbranched alkanes of at least 4 members (excludes halogenated alkanes) is 28. The number of amides is 1. The summed E-state index contributed by atoms with van der Waals surface area (Å²) in [6.45, 7) is 4.59. The molecule has 0 aliphatic heterocycles. The van der Waals surface area contributed by atoms with Gasteiger partial charge in [-0.2, -0.15) is 0 Å². The lowest BCUT2D eigenvalue weighted by Gasteiger charge is -2.21. The molecule has 1 aliphatic carbocycles. The highest BCUT2D eigenvalue weighted by Gasteiger charge is 2.20. The van der Waals surface area contributed by atoms with Crippen molar-refractivity contribution >= 4 is 5.91 Å². The largest absolute Gasteiger partial charge is 0.291 e. The Morgan fingerprint density at radius 1 is 0.510 bits per heavy atom. The number of hydrogen-bond donors (Lipinski definition) is 0. The fourth-order valence-electron chi connectivity index (χ4n) is 7.60. The molecule has 0 heterocycles. The van der Waals surface area contributed by atoms with Crippen LogP contribution in [0.15, 0.2) is 42.8 Å². The minimum atomic E-state index is 0.146. The van der Waals surface area contributed by atoms with Gasteiger partial charge in [0.1, 0.15) is 0 Å². The zero-order chi connectivity index (χ0) is 34.9. The lowest BCUT2D eigenvalue weighted by Crippen LogP contribution is -2.23. The van der Waals surface area contributed by atoms with Crippen LogP contribution in [0.25, 0.3) is 0 Å². The van der Waals surface area contributed by atoms with Crippen LogP contribution in [0.5, 0.6) is 0 Å². The van der Waals surface area contributed by atoms with E-state index >= 15 is 0 Å². The van der Waals surface area contributed by atoms with Crippen molar-refractivity contribution in [1.82, 2.24) is 4.90 Å². The van der Waals surface area contributed by atoms with Crippen LogP contribution in [0, 0.1) is 0 Å². The Balaban J connectivity index is 1.64. The summed E-state index contributed by atoms with van der Waals surface area (Å²) in [5, 5.41) is 0. The van der Waals surface area contributed by atoms with Crippen LogP contribution in [-0.4, -0.2) is 10.8 Å². The number of allylic oxidation sites excluding steroid dienone is 2. The second-order valence-electron chi connectivity index (χ2n) is 15.4. The van der Waals surface area contributed by atoms with Crippen LogP contribution >= 0.6 is 0 Å². The molecule has 49 heavy (non-hydrogen) atoms. The molecule has 0 unspecified atom stereocenters. The molecule has 2 rings (SSSR count). The average molecular weight is 676 g/mol. The highest BCUT2D eigenvalue weighted by molar-refractivity contribution is 5.97. The van der Waals surface area contributed by atoms with E-state index in [0.717, 1.165) is 31.2 Å². The van der Waals surface area contributed by atoms with Crippen LogP contribution in [0.2, 0.25) is 0 Å². The van der Waals surface area contributed by atoms with E-state index in [0.29, 0.717) is 0 Å². The molecular formula is C47H81NO. The summed E-state index contributed by atoms with van der Waals surface area (Å²) in [5.74, 6) is 0.146. The summed E-state index contributed by atoms with van der Waals surface area (Å²) in [6.07, 6.45) is 54.2. The third-order valence-corrected chi connectivity index (χ3v) is 10.8. The first-order valence-electron chi connectivity index (χ1n) is 22.0. The summed E-state index contributed by atoms with van der Waals surface area (Å²) in [6, 6.07) is 6.38. The van der Waals surface area contributed by atoms with Gasteiger partial charge in [-0.3, -0.25) is 9.69 Å². The molecule has 0 aromatic heterocycles. The fraction of sp³-hybridized carbons (Fsp3) is 0.766. The van der Waals surface area contributed by atoms with Crippen molar-refractivity contribution in [3.05, 3.63) is 59.4 Å². The van der Waals surface area contributed by atoms with Crippen LogP contribution in [0.4, 0.5) is 0 Å². The molecule has 0 fully saturated rings. The zero-order valence-electron chi connectivity index (χ0n) is 32.9. The molecule has 0 radical (unpaired) electrons. The summed E-state index contributed by atoms with van der Waals surface area (Å²) >= 11 is 0. The normalized spacial score (nSPS) is 13.1. The number of carbonyl (C=O) groups is 1. The van der Waals surface area contributed by atoms with Gasteiger partial charge in [0.15, 0.2) is 0 Å². The number of benzene rings is 1. The van der Waals surface area contributed by atoms with E-state index in [-0.39, 0.29) is 5.91 Å². The first-order chi connectivity index (χ1) is 24.3. The second kappa shape index (κ2) is 32.1. The lowest BCUT2D eigenvalue weighted by atomic mass is 9.88. The molecule has 1 aromatic carbocycles. The van der Waals surface area contributed by atoms with E-state index < -0.39 is 0 Å². The van der Waals surface area contributed by atoms with Crippen molar-refractivity contribution in [3.63, 3.8) is 0 Å². The molecule has 280 valence electrons. The van der Waals surface area contributed by atoms with Crippen molar-refractivity contribution in [2.75, 3.05) is 0 Å². The van der Waals surface area contributed by atoms with Gasteiger partial charge in [0, 0.05) is 18.0 Å². The minimum Gasteiger partial charge on any atom is -0.291 e. The summed E-state index contributed by atoms with van der Waals surface area (Å²) in [4.78, 5) is 15.7. The molecule has 2 nitrogen and oxygen atoms in total. The first kappa shape index (κ1) is 43.3. The summed E-state index contributed by atoms with van der Waals surface area (Å²) in [5.41, 5.74) is 3.60. The number of rotatable bonds is 33. The Morgan fingerprint density at radius 3 is 1.29 bits per heavy atom. The maximum absolute atomic E-state index is 13.8. The highest BCUT2D eigenvalue weighted by Crippen LogP contribution is 2.26. The summed E-state index contributed by atoms with van der Waals surface area (Å²) in [7, 11) is 0. The molecule has 0 bridgehead atoms. The third kappa shape index (κ3) is 22.6. The maximum Gasteiger partial charge on any atom is 0.262 e. The first-order valence-corrected chi connectivity index (χ1v) is 22.0. The van der Waals surface area contributed by atoms with Gasteiger partial charge in [-0.05, 0) is 68.6 Å². The zero-order valence-corrected chi connectivity index (χ0v) is 32.9. The Labute approximate surface area is 306 Å². The minimum absolute atomic E-state index is 0.146. The Bertz CT molecular complexity index is 919. The van der Waals surface area contributed by atoms with Crippen molar-refractivity contribution in [1.29, 1.82) is 0 Å². The number of aryl methyl sites for hydroxylation is 1. The van der Waals surface area contributed by atoms with Crippen molar-refractivity contribution in [2.24, 2.45) is 0 Å². The third-order valence-electron chi connectivity index (χ3n) is 10.8. The molecular weight excluding hydrogens is 595 g/mol. The number of fused-ring (bicyclic) bond motifs is 1. The topological polar surface area (TPSA) is 20.3 Å². The molecule has 2 heteroatoms. The predicted octanol–water partition coefficient (Wildman–Crippen LogP) is 15.8. The van der Waals surface area contributed by atoms with Gasteiger partial charge in [-0.15, -0.1) is 0 Å². The van der Waals surface area contributed by atoms with E-state index in [2.05, 4.69) is 56.6 Å². The predicted molar refractivity (Wildman–Crippen MR) is 217 cm³/mol. The Hall–Kier alpha value is -1.83. The van der Waals surface area contributed by atoms with Crippen LogP contribution in [-0.2, 0) is 12.8 Å². The number of nitrogens with zero attached hydrogens (tertiary/aromatic N) is 1. The van der Waals surface area contributed by atoms with Gasteiger partial charge < -0.3 is 0 Å². The molecule has 1 amide bonds. The molecule has 0 saturated heterocycles. The molecule has 0 saturated carbocycles. The van der Waals surface area contributed by atoms with Crippen LogP contribution in [0.1, 0.15) is 241 Å². The molecule has 1 aromatic rings. The van der Waals surface area contributed by atoms with Gasteiger partial charge in [0.2, 0.25) is 0 Å². The SMILES string of the molecule is CCCCCCCCCCCCCCCCC=CN(C=CCCCCCCCCCCCCCCCC)C(=O)c1cccc2c1CCCC2. The number of carbonyl (C=O) groups excluding carboxylic acids is 1. The van der Waals surface area contributed by atoms with E-state index in [1.807, 2.05) is 4.90 Å². The molecule has 0 spiro atoms.